The van der Waals surface area contributed by atoms with Crippen molar-refractivity contribution in [1.29, 1.82) is 0 Å². The Morgan fingerprint density at radius 1 is 1.20 bits per heavy atom. The average Bonchev–Trinajstić information content (AvgIpc) is 3.36. The van der Waals surface area contributed by atoms with E-state index < -0.39 is 36.4 Å². The van der Waals surface area contributed by atoms with E-state index in [0.29, 0.717) is 6.42 Å². The number of nitrogens with zero attached hydrogens (tertiary/aromatic N) is 3. The molecular weight excluding hydrogens is 469 g/mol. The summed E-state index contributed by atoms with van der Waals surface area (Å²) in [5.74, 6) is -0.533. The Kier molecular flexibility index (Phi) is 8.07. The maximum atomic E-state index is 13.1. The largest absolute Gasteiger partial charge is 0.494 e. The third kappa shape index (κ3) is 6.99. The molecule has 1 aromatic carbocycles. The van der Waals surface area contributed by atoms with Crippen molar-refractivity contribution >= 4 is 11.7 Å². The molecule has 0 aliphatic carbocycles. The Bertz CT molecular complexity index is 1140. The Balaban J connectivity index is 1.79. The van der Waals surface area contributed by atoms with Gasteiger partial charge >= 0.3 is 6.18 Å². The van der Waals surface area contributed by atoms with Gasteiger partial charge in [-0.05, 0) is 30.5 Å². The molecule has 35 heavy (non-hydrogen) atoms. The number of hydrogen-bond donors (Lipinski definition) is 4. The van der Waals surface area contributed by atoms with Crippen LogP contribution in [0.4, 0.5) is 19.0 Å². The Morgan fingerprint density at radius 3 is 2.60 bits per heavy atom. The lowest BCUT2D eigenvalue weighted by Crippen LogP contribution is -2.27. The van der Waals surface area contributed by atoms with Gasteiger partial charge in [-0.1, -0.05) is 19.9 Å². The van der Waals surface area contributed by atoms with Crippen molar-refractivity contribution < 1.29 is 38.0 Å². The van der Waals surface area contributed by atoms with Gasteiger partial charge < -0.3 is 29.9 Å². The van der Waals surface area contributed by atoms with Gasteiger partial charge in [0, 0.05) is 18.3 Å². The molecule has 0 saturated carbocycles. The number of aliphatic hydroxyl groups excluding tert-OH is 2. The second-order valence-electron chi connectivity index (χ2n) is 8.46. The first-order valence-corrected chi connectivity index (χ1v) is 10.9. The molecule has 0 saturated heterocycles. The summed E-state index contributed by atoms with van der Waals surface area (Å²) in [6, 6.07) is 6.19. The Hall–Kier alpha value is -3.51. The SMILES string of the molecule is CC(C)C[C@@H](C(=O)Nc1ccn(C[C@@H](O)CO)n1)n1cc(Oc2cccc(C(F)(F)F)c2)cc1O. The molecule has 2 heterocycles. The molecule has 3 aromatic rings. The van der Waals surface area contributed by atoms with E-state index in [-0.39, 0.29) is 35.7 Å². The van der Waals surface area contributed by atoms with E-state index in [4.69, 9.17) is 9.84 Å². The van der Waals surface area contributed by atoms with Crippen molar-refractivity contribution in [2.45, 2.75) is 45.1 Å². The van der Waals surface area contributed by atoms with E-state index in [9.17, 15) is 28.2 Å². The van der Waals surface area contributed by atoms with Crippen LogP contribution in [0.5, 0.6) is 17.4 Å². The number of carbonyl (C=O) groups excluding carboxylic acids is 1. The highest BCUT2D eigenvalue weighted by Gasteiger charge is 2.31. The van der Waals surface area contributed by atoms with Crippen LogP contribution in [-0.2, 0) is 17.5 Å². The van der Waals surface area contributed by atoms with Crippen LogP contribution in [0.3, 0.4) is 0 Å². The number of halogens is 3. The van der Waals surface area contributed by atoms with Crippen LogP contribution in [0.1, 0.15) is 31.9 Å². The van der Waals surface area contributed by atoms with Gasteiger partial charge in [0.1, 0.15) is 17.5 Å². The number of aliphatic hydroxyl groups is 2. The number of anilines is 1. The molecule has 0 unspecified atom stereocenters. The molecule has 12 heteroatoms. The molecule has 9 nitrogen and oxygen atoms in total. The van der Waals surface area contributed by atoms with E-state index in [1.165, 1.54) is 45.9 Å². The van der Waals surface area contributed by atoms with Crippen LogP contribution in [0.15, 0.2) is 48.8 Å². The van der Waals surface area contributed by atoms with Gasteiger partial charge in [0.2, 0.25) is 5.91 Å². The number of ether oxygens (including phenoxy) is 1. The maximum absolute atomic E-state index is 13.1. The monoisotopic (exact) mass is 496 g/mol. The summed E-state index contributed by atoms with van der Waals surface area (Å²) in [6.07, 6.45) is -2.32. The lowest BCUT2D eigenvalue weighted by atomic mass is 10.0. The highest BCUT2D eigenvalue weighted by Crippen LogP contribution is 2.35. The average molecular weight is 496 g/mol. The minimum Gasteiger partial charge on any atom is -0.494 e. The first kappa shape index (κ1) is 26.1. The number of hydrogen-bond acceptors (Lipinski definition) is 6. The van der Waals surface area contributed by atoms with Crippen LogP contribution in [0.2, 0.25) is 0 Å². The standard InChI is InChI=1S/C23H27F3N4O5/c1-14(2)8-19(22(34)27-20-6-7-29(28-20)11-16(32)13-31)30-12-18(10-21(30)33)35-17-5-3-4-15(9-17)23(24,25)26/h3-7,9-10,12,14,16,19,31-33H,8,11,13H2,1-2H3,(H,27,28,34)/t16-,19+/m1/s1. The van der Waals surface area contributed by atoms with E-state index in [0.717, 1.165) is 12.1 Å². The molecule has 0 spiro atoms. The number of nitrogens with one attached hydrogen (secondary N) is 1. The number of amides is 1. The molecule has 2 aromatic heterocycles. The Morgan fingerprint density at radius 2 is 1.94 bits per heavy atom. The van der Waals surface area contributed by atoms with Crippen molar-refractivity contribution in [2.24, 2.45) is 5.92 Å². The van der Waals surface area contributed by atoms with E-state index >= 15 is 0 Å². The maximum Gasteiger partial charge on any atom is 0.416 e. The van der Waals surface area contributed by atoms with E-state index in [1.54, 1.807) is 0 Å². The lowest BCUT2D eigenvalue weighted by molar-refractivity contribution is -0.137. The Labute approximate surface area is 199 Å². The molecule has 0 aliphatic heterocycles. The van der Waals surface area contributed by atoms with Gasteiger partial charge in [-0.15, -0.1) is 0 Å². The fraction of sp³-hybridized carbons (Fsp3) is 0.391. The molecular formula is C23H27F3N4O5. The van der Waals surface area contributed by atoms with Gasteiger partial charge in [0.05, 0.1) is 31.0 Å². The normalized spacial score (nSPS) is 13.6. The third-order valence-corrected chi connectivity index (χ3v) is 5.03. The van der Waals surface area contributed by atoms with Crippen LogP contribution in [-0.4, -0.2) is 48.3 Å². The van der Waals surface area contributed by atoms with Crippen LogP contribution in [0, 0.1) is 5.92 Å². The zero-order chi connectivity index (χ0) is 25.8. The minimum atomic E-state index is -4.53. The molecule has 1 amide bonds. The zero-order valence-electron chi connectivity index (χ0n) is 19.1. The predicted molar refractivity (Wildman–Crippen MR) is 120 cm³/mol. The second-order valence-corrected chi connectivity index (χ2v) is 8.46. The number of carbonyl (C=O) groups is 1. The molecule has 0 radical (unpaired) electrons. The molecule has 4 N–H and O–H groups in total. The number of rotatable bonds is 10. The summed E-state index contributed by atoms with van der Waals surface area (Å²) < 4.78 is 47.1. The topological polar surface area (TPSA) is 122 Å². The van der Waals surface area contributed by atoms with Gasteiger partial charge in [0.15, 0.2) is 11.7 Å². The fourth-order valence-corrected chi connectivity index (χ4v) is 3.43. The highest BCUT2D eigenvalue weighted by molar-refractivity contribution is 5.93. The number of aromatic nitrogens is 3. The summed E-state index contributed by atoms with van der Waals surface area (Å²) in [5.41, 5.74) is -0.873. The molecule has 2 atom stereocenters. The van der Waals surface area contributed by atoms with Gasteiger partial charge in [-0.2, -0.15) is 18.3 Å². The fourth-order valence-electron chi connectivity index (χ4n) is 3.43. The minimum absolute atomic E-state index is 0.0381. The van der Waals surface area contributed by atoms with Crippen molar-refractivity contribution in [3.8, 4) is 17.4 Å². The molecule has 0 aliphatic rings. The smallest absolute Gasteiger partial charge is 0.416 e. The molecule has 0 fully saturated rings. The van der Waals surface area contributed by atoms with Gasteiger partial charge in [-0.3, -0.25) is 9.48 Å². The zero-order valence-corrected chi connectivity index (χ0v) is 19.1. The summed E-state index contributed by atoms with van der Waals surface area (Å²) in [4.78, 5) is 13.1. The van der Waals surface area contributed by atoms with Crippen molar-refractivity contribution in [2.75, 3.05) is 11.9 Å². The summed E-state index contributed by atoms with van der Waals surface area (Å²) in [5, 5.41) is 35.7. The van der Waals surface area contributed by atoms with Crippen molar-refractivity contribution in [3.05, 3.63) is 54.4 Å². The lowest BCUT2D eigenvalue weighted by Gasteiger charge is -2.20. The molecule has 3 rings (SSSR count). The predicted octanol–water partition coefficient (Wildman–Crippen LogP) is 3.78. The summed E-state index contributed by atoms with van der Waals surface area (Å²) in [6.45, 7) is 3.39. The first-order chi connectivity index (χ1) is 16.5. The van der Waals surface area contributed by atoms with Gasteiger partial charge in [-0.25, -0.2) is 0 Å². The van der Waals surface area contributed by atoms with Crippen molar-refractivity contribution in [1.82, 2.24) is 14.3 Å². The van der Waals surface area contributed by atoms with E-state index in [2.05, 4.69) is 10.4 Å². The second kappa shape index (κ2) is 10.8. The van der Waals surface area contributed by atoms with Crippen LogP contribution in [0.25, 0.3) is 0 Å². The molecule has 0 bridgehead atoms. The van der Waals surface area contributed by atoms with Crippen LogP contribution >= 0.6 is 0 Å². The number of aromatic hydroxyl groups is 1. The molecule has 190 valence electrons. The third-order valence-electron chi connectivity index (χ3n) is 5.03. The van der Waals surface area contributed by atoms with Gasteiger partial charge in [0.25, 0.3) is 0 Å². The highest BCUT2D eigenvalue weighted by atomic mass is 19.4. The first-order valence-electron chi connectivity index (χ1n) is 10.9. The van der Waals surface area contributed by atoms with Crippen LogP contribution < -0.4 is 10.1 Å². The number of benzene rings is 1. The summed E-state index contributed by atoms with van der Waals surface area (Å²) in [7, 11) is 0. The summed E-state index contributed by atoms with van der Waals surface area (Å²) >= 11 is 0. The number of alkyl halides is 3. The quantitative estimate of drug-likeness (QED) is 0.339. The van der Waals surface area contributed by atoms with Crippen molar-refractivity contribution in [3.63, 3.8) is 0 Å². The van der Waals surface area contributed by atoms with E-state index in [1.807, 2.05) is 13.8 Å².